The van der Waals surface area contributed by atoms with Gasteiger partial charge in [0.15, 0.2) is 11.6 Å². The Balaban J connectivity index is 2.50. The summed E-state index contributed by atoms with van der Waals surface area (Å²) >= 11 is 0. The Morgan fingerprint density at radius 3 is 2.56 bits per heavy atom. The van der Waals surface area contributed by atoms with Crippen molar-refractivity contribution in [2.24, 2.45) is 5.84 Å². The highest BCUT2D eigenvalue weighted by Crippen LogP contribution is 2.25. The van der Waals surface area contributed by atoms with Gasteiger partial charge in [0, 0.05) is 11.8 Å². The average molecular weight is 249 g/mol. The average Bonchev–Trinajstić information content (AvgIpc) is 2.41. The van der Waals surface area contributed by atoms with E-state index in [1.165, 1.54) is 19.1 Å². The molecule has 3 N–H and O–H groups in total. The molecule has 0 aliphatic carbocycles. The van der Waals surface area contributed by atoms with E-state index in [0.717, 1.165) is 0 Å². The number of aryl methyl sites for hydroxylation is 1. The van der Waals surface area contributed by atoms with Crippen LogP contribution in [0.5, 0.6) is 0 Å². The van der Waals surface area contributed by atoms with Crippen molar-refractivity contribution < 1.29 is 8.78 Å². The predicted molar refractivity (Wildman–Crippen MR) is 64.5 cm³/mol. The Labute approximate surface area is 104 Å². The summed E-state index contributed by atoms with van der Waals surface area (Å²) in [5, 5.41) is 0. The topological polar surface area (TPSA) is 50.9 Å². The summed E-state index contributed by atoms with van der Waals surface area (Å²) in [6, 6.07) is 7.54. The normalized spacial score (nSPS) is 12.4. The first kappa shape index (κ1) is 12.6. The lowest BCUT2D eigenvalue weighted by molar-refractivity contribution is 0.476. The van der Waals surface area contributed by atoms with E-state index in [-0.39, 0.29) is 11.1 Å². The van der Waals surface area contributed by atoms with Crippen LogP contribution in [0.3, 0.4) is 0 Å². The highest BCUT2D eigenvalue weighted by atomic mass is 19.2. The van der Waals surface area contributed by atoms with Crippen LogP contribution in [-0.4, -0.2) is 4.98 Å². The molecular formula is C13H13F2N3. The summed E-state index contributed by atoms with van der Waals surface area (Å²) in [5.74, 6) is 3.66. The van der Waals surface area contributed by atoms with Gasteiger partial charge in [-0.15, -0.1) is 0 Å². The molecule has 1 aromatic carbocycles. The second-order valence-electron chi connectivity index (χ2n) is 3.95. The number of pyridine rings is 1. The number of benzene rings is 1. The number of hydrogen-bond donors (Lipinski definition) is 2. The van der Waals surface area contributed by atoms with Crippen LogP contribution >= 0.6 is 0 Å². The molecule has 1 unspecified atom stereocenters. The van der Waals surface area contributed by atoms with Gasteiger partial charge in [-0.2, -0.15) is 0 Å². The number of hydrogen-bond acceptors (Lipinski definition) is 3. The van der Waals surface area contributed by atoms with Crippen LogP contribution in [0.25, 0.3) is 0 Å². The van der Waals surface area contributed by atoms with Crippen molar-refractivity contribution in [3.05, 3.63) is 65.0 Å². The number of nitrogens with one attached hydrogen (secondary N) is 1. The van der Waals surface area contributed by atoms with Gasteiger partial charge in [0.05, 0.1) is 11.7 Å². The standard InChI is InChI=1S/C13H13F2N3/c1-8-5-6-9(12(15)11(8)14)13(18-16)10-4-2-3-7-17-10/h2-7,13,18H,16H2,1H3. The third kappa shape index (κ3) is 2.23. The third-order valence-corrected chi connectivity index (χ3v) is 2.77. The van der Waals surface area contributed by atoms with Crippen molar-refractivity contribution in [1.82, 2.24) is 10.4 Å². The first-order chi connectivity index (χ1) is 8.65. The molecule has 0 saturated heterocycles. The van der Waals surface area contributed by atoms with E-state index in [4.69, 9.17) is 5.84 Å². The van der Waals surface area contributed by atoms with E-state index in [1.54, 1.807) is 24.4 Å². The minimum atomic E-state index is -0.899. The Kier molecular flexibility index (Phi) is 3.64. The molecule has 1 atom stereocenters. The zero-order valence-corrected chi connectivity index (χ0v) is 9.82. The van der Waals surface area contributed by atoms with Crippen molar-refractivity contribution in [2.45, 2.75) is 13.0 Å². The Hall–Kier alpha value is -1.85. The quantitative estimate of drug-likeness (QED) is 0.647. The molecule has 2 aromatic rings. The number of halogens is 2. The number of nitrogens with zero attached hydrogens (tertiary/aromatic N) is 1. The van der Waals surface area contributed by atoms with E-state index >= 15 is 0 Å². The first-order valence-electron chi connectivity index (χ1n) is 5.46. The highest BCUT2D eigenvalue weighted by Gasteiger charge is 2.20. The lowest BCUT2D eigenvalue weighted by Gasteiger charge is -2.17. The first-order valence-corrected chi connectivity index (χ1v) is 5.46. The fourth-order valence-corrected chi connectivity index (χ4v) is 1.77. The number of rotatable bonds is 3. The second-order valence-corrected chi connectivity index (χ2v) is 3.95. The third-order valence-electron chi connectivity index (χ3n) is 2.77. The molecule has 1 heterocycles. The monoisotopic (exact) mass is 249 g/mol. The van der Waals surface area contributed by atoms with Crippen LogP contribution in [0.4, 0.5) is 8.78 Å². The molecule has 0 spiro atoms. The van der Waals surface area contributed by atoms with Gasteiger partial charge in [0.1, 0.15) is 0 Å². The Morgan fingerprint density at radius 1 is 1.17 bits per heavy atom. The summed E-state index contributed by atoms with van der Waals surface area (Å²) in [6.45, 7) is 1.51. The Bertz CT molecular complexity index is 543. The van der Waals surface area contributed by atoms with Crippen molar-refractivity contribution >= 4 is 0 Å². The highest BCUT2D eigenvalue weighted by molar-refractivity contribution is 5.32. The molecule has 0 fully saturated rings. The van der Waals surface area contributed by atoms with Crippen molar-refractivity contribution in [3.8, 4) is 0 Å². The lowest BCUT2D eigenvalue weighted by atomic mass is 10.0. The maximum absolute atomic E-state index is 13.9. The SMILES string of the molecule is Cc1ccc(C(NN)c2ccccn2)c(F)c1F. The summed E-state index contributed by atoms with van der Waals surface area (Å²) in [7, 11) is 0. The van der Waals surface area contributed by atoms with Crippen LogP contribution in [0.1, 0.15) is 22.9 Å². The van der Waals surface area contributed by atoms with E-state index in [1.807, 2.05) is 0 Å². The smallest absolute Gasteiger partial charge is 0.164 e. The van der Waals surface area contributed by atoms with Crippen LogP contribution in [0.15, 0.2) is 36.5 Å². The maximum atomic E-state index is 13.9. The van der Waals surface area contributed by atoms with Gasteiger partial charge >= 0.3 is 0 Å². The zero-order chi connectivity index (χ0) is 13.1. The molecule has 3 nitrogen and oxygen atoms in total. The summed E-state index contributed by atoms with van der Waals surface area (Å²) in [6.07, 6.45) is 1.57. The van der Waals surface area contributed by atoms with Gasteiger partial charge in [-0.05, 0) is 24.6 Å². The van der Waals surface area contributed by atoms with Crippen molar-refractivity contribution in [2.75, 3.05) is 0 Å². The maximum Gasteiger partial charge on any atom is 0.164 e. The molecule has 18 heavy (non-hydrogen) atoms. The summed E-state index contributed by atoms with van der Waals surface area (Å²) in [5.41, 5.74) is 3.38. The van der Waals surface area contributed by atoms with E-state index in [0.29, 0.717) is 5.69 Å². The largest absolute Gasteiger partial charge is 0.271 e. The molecule has 0 radical (unpaired) electrons. The van der Waals surface area contributed by atoms with Crippen LogP contribution in [0.2, 0.25) is 0 Å². The van der Waals surface area contributed by atoms with Gasteiger partial charge in [-0.1, -0.05) is 18.2 Å². The van der Waals surface area contributed by atoms with Crippen molar-refractivity contribution in [1.29, 1.82) is 0 Å². The molecule has 0 amide bonds. The van der Waals surface area contributed by atoms with E-state index in [2.05, 4.69) is 10.4 Å². The molecule has 0 aliphatic rings. The number of nitrogens with two attached hydrogens (primary N) is 1. The summed E-state index contributed by atoms with van der Waals surface area (Å²) in [4.78, 5) is 4.09. The Morgan fingerprint density at radius 2 is 1.94 bits per heavy atom. The van der Waals surface area contributed by atoms with Crippen LogP contribution < -0.4 is 11.3 Å². The molecule has 1 aromatic heterocycles. The fourth-order valence-electron chi connectivity index (χ4n) is 1.77. The van der Waals surface area contributed by atoms with Crippen molar-refractivity contribution in [3.63, 3.8) is 0 Å². The minimum Gasteiger partial charge on any atom is -0.271 e. The van der Waals surface area contributed by atoms with E-state index < -0.39 is 17.7 Å². The zero-order valence-electron chi connectivity index (χ0n) is 9.82. The van der Waals surface area contributed by atoms with E-state index in [9.17, 15) is 8.78 Å². The molecule has 0 saturated carbocycles. The second kappa shape index (κ2) is 5.20. The van der Waals surface area contributed by atoms with Gasteiger partial charge in [-0.3, -0.25) is 10.8 Å². The van der Waals surface area contributed by atoms with Gasteiger partial charge in [-0.25, -0.2) is 14.2 Å². The van der Waals surface area contributed by atoms with Gasteiger partial charge in [0.2, 0.25) is 0 Å². The fraction of sp³-hybridized carbons (Fsp3) is 0.154. The summed E-state index contributed by atoms with van der Waals surface area (Å²) < 4.78 is 27.4. The number of hydrazine groups is 1. The molecule has 2 rings (SSSR count). The number of aromatic nitrogens is 1. The molecule has 5 heteroatoms. The molecule has 0 bridgehead atoms. The molecule has 94 valence electrons. The van der Waals surface area contributed by atoms with Gasteiger partial charge in [0.25, 0.3) is 0 Å². The molecular weight excluding hydrogens is 236 g/mol. The van der Waals surface area contributed by atoms with Crippen LogP contribution in [-0.2, 0) is 0 Å². The molecule has 0 aliphatic heterocycles. The lowest BCUT2D eigenvalue weighted by Crippen LogP contribution is -2.30. The predicted octanol–water partition coefficient (Wildman–Crippen LogP) is 2.22. The van der Waals surface area contributed by atoms with Crippen LogP contribution in [0, 0.1) is 18.6 Å². The minimum absolute atomic E-state index is 0.138. The van der Waals surface area contributed by atoms with Gasteiger partial charge < -0.3 is 0 Å².